The molecule has 0 saturated heterocycles. The highest BCUT2D eigenvalue weighted by molar-refractivity contribution is 5.94. The number of hydrogen-bond acceptors (Lipinski definition) is 2. The number of rotatable bonds is 2. The van der Waals surface area contributed by atoms with E-state index >= 15 is 0 Å². The minimum atomic E-state index is -0.197. The number of H-pyrrole nitrogens is 1. The summed E-state index contributed by atoms with van der Waals surface area (Å²) in [5.74, 6) is -0.197. The summed E-state index contributed by atoms with van der Waals surface area (Å²) in [4.78, 5) is 14.5. The number of nitrogens with zero attached hydrogens (tertiary/aromatic N) is 1. The average Bonchev–Trinajstić information content (AvgIpc) is 2.41. The molecule has 0 atom stereocenters. The van der Waals surface area contributed by atoms with Gasteiger partial charge < -0.3 is 4.98 Å². The predicted octanol–water partition coefficient (Wildman–Crippen LogP) is 1.76. The Balaban J connectivity index is 2.80. The first-order chi connectivity index (χ1) is 6.50. The van der Waals surface area contributed by atoms with Crippen molar-refractivity contribution in [1.82, 2.24) is 10.4 Å². The molecule has 0 unspecified atom stereocenters. The molecule has 1 rings (SSSR count). The Morgan fingerprint density at radius 1 is 1.43 bits per heavy atom. The molecule has 4 heteroatoms. The Morgan fingerprint density at radius 3 is 2.50 bits per heavy atom. The molecular formula is C10H15N3O. The van der Waals surface area contributed by atoms with Crippen LogP contribution in [0.3, 0.4) is 0 Å². The number of aryl methyl sites for hydroxylation is 2. The molecule has 0 aliphatic heterocycles. The zero-order chi connectivity index (χ0) is 10.7. The van der Waals surface area contributed by atoms with Gasteiger partial charge in [-0.3, -0.25) is 4.79 Å². The molecule has 0 bridgehead atoms. The smallest absolute Gasteiger partial charge is 0.288 e. The quantitative estimate of drug-likeness (QED) is 0.545. The van der Waals surface area contributed by atoms with Crippen molar-refractivity contribution in [1.29, 1.82) is 0 Å². The molecule has 0 aromatic carbocycles. The summed E-state index contributed by atoms with van der Waals surface area (Å²) in [7, 11) is 0. The minimum absolute atomic E-state index is 0.197. The molecule has 1 heterocycles. The topological polar surface area (TPSA) is 57.2 Å². The van der Waals surface area contributed by atoms with Crippen LogP contribution in [0, 0.1) is 13.8 Å². The van der Waals surface area contributed by atoms with E-state index in [4.69, 9.17) is 0 Å². The van der Waals surface area contributed by atoms with E-state index in [0.717, 1.165) is 17.0 Å². The molecule has 4 nitrogen and oxygen atoms in total. The first-order valence-corrected chi connectivity index (χ1v) is 4.48. The summed E-state index contributed by atoms with van der Waals surface area (Å²) in [6, 6.07) is 1.93. The van der Waals surface area contributed by atoms with Crippen LogP contribution in [0.5, 0.6) is 0 Å². The fourth-order valence-electron chi connectivity index (χ4n) is 1.18. The minimum Gasteiger partial charge on any atom is -0.354 e. The molecule has 0 spiro atoms. The number of amides is 1. The zero-order valence-electron chi connectivity index (χ0n) is 8.93. The van der Waals surface area contributed by atoms with E-state index in [1.807, 2.05) is 33.8 Å². The number of nitrogens with one attached hydrogen (secondary N) is 2. The maximum Gasteiger partial charge on any atom is 0.288 e. The number of aromatic amines is 1. The summed E-state index contributed by atoms with van der Waals surface area (Å²) >= 11 is 0. The van der Waals surface area contributed by atoms with Crippen molar-refractivity contribution < 1.29 is 4.79 Å². The second kappa shape index (κ2) is 4.09. The van der Waals surface area contributed by atoms with Crippen LogP contribution < -0.4 is 5.43 Å². The van der Waals surface area contributed by atoms with Crippen molar-refractivity contribution in [2.75, 3.05) is 0 Å². The average molecular weight is 193 g/mol. The van der Waals surface area contributed by atoms with Crippen molar-refractivity contribution in [2.24, 2.45) is 5.10 Å². The van der Waals surface area contributed by atoms with Gasteiger partial charge in [-0.25, -0.2) is 5.43 Å². The predicted molar refractivity (Wildman–Crippen MR) is 56.5 cm³/mol. The summed E-state index contributed by atoms with van der Waals surface area (Å²) in [6.07, 6.45) is 0. The highest BCUT2D eigenvalue weighted by Gasteiger charge is 2.10. The lowest BCUT2D eigenvalue weighted by Crippen LogP contribution is -2.19. The first kappa shape index (κ1) is 10.5. The lowest BCUT2D eigenvalue weighted by atomic mass is 10.2. The zero-order valence-corrected chi connectivity index (χ0v) is 8.93. The van der Waals surface area contributed by atoms with Crippen molar-refractivity contribution in [3.05, 3.63) is 23.0 Å². The fraction of sp³-hybridized carbons (Fsp3) is 0.400. The van der Waals surface area contributed by atoms with Gasteiger partial charge in [0.25, 0.3) is 5.91 Å². The van der Waals surface area contributed by atoms with Crippen molar-refractivity contribution in [3.63, 3.8) is 0 Å². The fourth-order valence-corrected chi connectivity index (χ4v) is 1.18. The Morgan fingerprint density at radius 2 is 2.07 bits per heavy atom. The Bertz CT molecular complexity index is 373. The third-order valence-electron chi connectivity index (χ3n) is 1.76. The second-order valence-corrected chi connectivity index (χ2v) is 3.51. The van der Waals surface area contributed by atoms with Gasteiger partial charge in [-0.05, 0) is 39.3 Å². The first-order valence-electron chi connectivity index (χ1n) is 4.48. The van der Waals surface area contributed by atoms with Gasteiger partial charge in [0.15, 0.2) is 0 Å². The number of aromatic nitrogens is 1. The molecule has 1 amide bonds. The molecular weight excluding hydrogens is 178 g/mol. The van der Waals surface area contributed by atoms with Crippen LogP contribution in [0.2, 0.25) is 0 Å². The largest absolute Gasteiger partial charge is 0.354 e. The number of carbonyl (C=O) groups excluding carboxylic acids is 1. The van der Waals surface area contributed by atoms with Crippen LogP contribution in [0.25, 0.3) is 0 Å². The molecule has 1 aromatic heterocycles. The lowest BCUT2D eigenvalue weighted by molar-refractivity contribution is 0.0949. The van der Waals surface area contributed by atoms with E-state index in [0.29, 0.717) is 5.69 Å². The molecule has 0 radical (unpaired) electrons. The van der Waals surface area contributed by atoms with Crippen LogP contribution in [0.4, 0.5) is 0 Å². The molecule has 14 heavy (non-hydrogen) atoms. The van der Waals surface area contributed by atoms with E-state index in [1.54, 1.807) is 0 Å². The van der Waals surface area contributed by atoms with Gasteiger partial charge in [0.1, 0.15) is 5.69 Å². The van der Waals surface area contributed by atoms with Crippen LogP contribution in [0.15, 0.2) is 11.2 Å². The summed E-state index contributed by atoms with van der Waals surface area (Å²) in [5.41, 5.74) is 5.78. The van der Waals surface area contributed by atoms with E-state index in [1.165, 1.54) is 0 Å². The van der Waals surface area contributed by atoms with Gasteiger partial charge in [-0.1, -0.05) is 0 Å². The number of carbonyl (C=O) groups is 1. The monoisotopic (exact) mass is 193 g/mol. The molecule has 2 N–H and O–H groups in total. The molecule has 0 saturated carbocycles. The van der Waals surface area contributed by atoms with Crippen LogP contribution in [-0.2, 0) is 0 Å². The van der Waals surface area contributed by atoms with Crippen molar-refractivity contribution in [3.8, 4) is 0 Å². The molecule has 0 aliphatic carbocycles. The highest BCUT2D eigenvalue weighted by atomic mass is 16.2. The van der Waals surface area contributed by atoms with Crippen molar-refractivity contribution >= 4 is 11.6 Å². The standard InChI is InChI=1S/C10H15N3O/c1-6(2)12-13-10(14)9-7(3)5-8(4)11-9/h5,11H,1-4H3,(H,13,14). The van der Waals surface area contributed by atoms with Crippen LogP contribution in [-0.4, -0.2) is 16.6 Å². The van der Waals surface area contributed by atoms with E-state index in [9.17, 15) is 4.79 Å². The summed E-state index contributed by atoms with van der Waals surface area (Å²) in [6.45, 7) is 7.46. The molecule has 76 valence electrons. The van der Waals surface area contributed by atoms with Crippen LogP contribution in [0.1, 0.15) is 35.6 Å². The van der Waals surface area contributed by atoms with Gasteiger partial charge >= 0.3 is 0 Å². The maximum atomic E-state index is 11.5. The van der Waals surface area contributed by atoms with E-state index in [-0.39, 0.29) is 5.91 Å². The van der Waals surface area contributed by atoms with E-state index < -0.39 is 0 Å². The third kappa shape index (κ3) is 2.45. The maximum absolute atomic E-state index is 11.5. The van der Waals surface area contributed by atoms with Gasteiger partial charge in [0.05, 0.1) is 0 Å². The molecule has 0 aliphatic rings. The molecule has 1 aromatic rings. The SMILES string of the molecule is CC(C)=NNC(=O)c1[nH]c(C)cc1C. The van der Waals surface area contributed by atoms with Gasteiger partial charge in [0.2, 0.25) is 0 Å². The Kier molecular flexibility index (Phi) is 3.06. The summed E-state index contributed by atoms with van der Waals surface area (Å²) in [5, 5.41) is 3.85. The molecule has 0 fully saturated rings. The summed E-state index contributed by atoms with van der Waals surface area (Å²) < 4.78 is 0. The lowest BCUT2D eigenvalue weighted by Gasteiger charge is -1.98. The van der Waals surface area contributed by atoms with E-state index in [2.05, 4.69) is 15.5 Å². The van der Waals surface area contributed by atoms with Crippen molar-refractivity contribution in [2.45, 2.75) is 27.7 Å². The van der Waals surface area contributed by atoms with Gasteiger partial charge in [0, 0.05) is 11.4 Å². The third-order valence-corrected chi connectivity index (χ3v) is 1.76. The van der Waals surface area contributed by atoms with Crippen LogP contribution >= 0.6 is 0 Å². The second-order valence-electron chi connectivity index (χ2n) is 3.51. The normalized spacial score (nSPS) is 9.71. The Hall–Kier alpha value is -1.58. The number of hydrazone groups is 1. The van der Waals surface area contributed by atoms with Gasteiger partial charge in [-0.2, -0.15) is 5.10 Å². The highest BCUT2D eigenvalue weighted by Crippen LogP contribution is 2.08. The Labute approximate surface area is 83.4 Å². The number of hydrogen-bond donors (Lipinski definition) is 2. The van der Waals surface area contributed by atoms with Gasteiger partial charge in [-0.15, -0.1) is 0 Å².